The third-order valence-corrected chi connectivity index (χ3v) is 11.7. The quantitative estimate of drug-likeness (QED) is 0.0669. The number of imide groups is 2. The van der Waals surface area contributed by atoms with E-state index in [0.717, 1.165) is 86.7 Å². The van der Waals surface area contributed by atoms with Crippen LogP contribution in [0.25, 0.3) is 43.1 Å². The summed E-state index contributed by atoms with van der Waals surface area (Å²) < 4.78 is 0. The molecule has 2 aliphatic heterocycles. The summed E-state index contributed by atoms with van der Waals surface area (Å²) in [5.74, 6) is -0.357. The number of nitrogens with zero attached hydrogens (tertiary/aromatic N) is 3. The monoisotopic (exact) mass is 685 g/mol. The lowest BCUT2D eigenvalue weighted by Gasteiger charge is -2.39. The first-order chi connectivity index (χ1) is 24.3. The van der Waals surface area contributed by atoms with Gasteiger partial charge in [-0.15, -0.1) is 0 Å². The molecule has 7 heteroatoms. The lowest BCUT2D eigenvalue weighted by molar-refractivity contribution is -0.119. The Morgan fingerprint density at radius 3 is 1.86 bits per heavy atom. The van der Waals surface area contributed by atoms with Crippen molar-refractivity contribution in [3.8, 4) is 0 Å². The van der Waals surface area contributed by atoms with Crippen LogP contribution < -0.4 is 4.90 Å². The maximum Gasteiger partial charge on any atom is 0.261 e. The van der Waals surface area contributed by atoms with Crippen molar-refractivity contribution in [3.63, 3.8) is 0 Å². The Bertz CT molecular complexity index is 2210. The molecule has 0 saturated carbocycles. The largest absolute Gasteiger partial charge is 0.371 e. The zero-order chi connectivity index (χ0) is 36.6. The molecule has 5 aromatic carbocycles. The first-order valence-corrected chi connectivity index (χ1v) is 18.9. The summed E-state index contributed by atoms with van der Waals surface area (Å²) in [7, 11) is 0. The summed E-state index contributed by atoms with van der Waals surface area (Å²) >= 11 is 0. The first-order valence-electron chi connectivity index (χ1n) is 18.9. The summed E-state index contributed by atoms with van der Waals surface area (Å²) in [6, 6.07) is 13.6. The number of piperidine rings is 1. The standard InChI is InChI=1S/C44H51N3O4/c1-23(2)40(24(3)4)46(22-48)42(49)31-18-16-30-36-28(14-13-27(9)35(31)36)29-15-17-32-37-33(44(51)47(43(32)50)41(25(5)6)26(7)8)21-34(38(30)39(29)37)45-19-11-10-12-20-45/h13-18,21-26,40-41H,10-12,19-20H2,1-9H3. The van der Waals surface area contributed by atoms with E-state index in [1.165, 1.54) is 9.80 Å². The number of carbonyl (C=O) groups excluding carboxylic acids is 4. The van der Waals surface area contributed by atoms with Crippen LogP contribution >= 0.6 is 0 Å². The van der Waals surface area contributed by atoms with Gasteiger partial charge in [0.2, 0.25) is 6.41 Å². The minimum atomic E-state index is -0.294. The van der Waals surface area contributed by atoms with Gasteiger partial charge in [-0.1, -0.05) is 79.7 Å². The van der Waals surface area contributed by atoms with Gasteiger partial charge in [-0.3, -0.25) is 29.0 Å². The number of carbonyl (C=O) groups is 4. The van der Waals surface area contributed by atoms with Crippen molar-refractivity contribution in [2.75, 3.05) is 18.0 Å². The van der Waals surface area contributed by atoms with Gasteiger partial charge in [0.25, 0.3) is 17.7 Å². The number of anilines is 1. The molecular weight excluding hydrogens is 635 g/mol. The zero-order valence-corrected chi connectivity index (χ0v) is 31.6. The lowest BCUT2D eigenvalue weighted by Crippen LogP contribution is -2.51. The topological polar surface area (TPSA) is 78.0 Å². The number of fused-ring (bicyclic) bond motifs is 2. The van der Waals surface area contributed by atoms with E-state index >= 15 is 0 Å². The summed E-state index contributed by atoms with van der Waals surface area (Å²) in [6.45, 7) is 20.3. The molecule has 0 radical (unpaired) electrons. The Balaban J connectivity index is 1.59. The highest BCUT2D eigenvalue weighted by Crippen LogP contribution is 2.49. The van der Waals surface area contributed by atoms with Crippen LogP contribution in [0.3, 0.4) is 0 Å². The van der Waals surface area contributed by atoms with Crippen molar-refractivity contribution in [2.24, 2.45) is 23.7 Å². The highest BCUT2D eigenvalue weighted by atomic mass is 16.2. The summed E-state index contributed by atoms with van der Waals surface area (Å²) in [4.78, 5) is 61.6. The maximum absolute atomic E-state index is 14.7. The summed E-state index contributed by atoms with van der Waals surface area (Å²) in [5.41, 5.74) is 3.62. The molecule has 0 N–H and O–H groups in total. The van der Waals surface area contributed by atoms with Gasteiger partial charge in [-0.05, 0) is 101 Å². The SMILES string of the molecule is Cc1ccc2c3ccc4c5c(cc(N6CCCCC6)c(c6ccc(C(=O)N(C=O)C(C(C)C)C(C)C)c1c26)c53)C(=O)N(C(C(C)C)C(C)C)C4=O. The van der Waals surface area contributed by atoms with E-state index in [4.69, 9.17) is 0 Å². The predicted molar refractivity (Wildman–Crippen MR) is 208 cm³/mol. The van der Waals surface area contributed by atoms with Gasteiger partial charge in [0.1, 0.15) is 0 Å². The Morgan fingerprint density at radius 1 is 0.667 bits per heavy atom. The Morgan fingerprint density at radius 2 is 1.25 bits per heavy atom. The highest BCUT2D eigenvalue weighted by Gasteiger charge is 2.41. The summed E-state index contributed by atoms with van der Waals surface area (Å²) in [5, 5.41) is 7.40. The normalized spacial score (nSPS) is 15.6. The fourth-order valence-corrected chi connectivity index (χ4v) is 9.85. The van der Waals surface area contributed by atoms with Gasteiger partial charge < -0.3 is 4.90 Å². The van der Waals surface area contributed by atoms with Gasteiger partial charge in [-0.2, -0.15) is 0 Å². The molecule has 0 aliphatic carbocycles. The van der Waals surface area contributed by atoms with Gasteiger partial charge in [0.15, 0.2) is 0 Å². The molecule has 0 spiro atoms. The molecule has 0 atom stereocenters. The average molecular weight is 686 g/mol. The minimum absolute atomic E-state index is 0.0939. The van der Waals surface area contributed by atoms with Crippen molar-refractivity contribution in [1.29, 1.82) is 0 Å². The number of aryl methyl sites for hydroxylation is 1. The van der Waals surface area contributed by atoms with E-state index < -0.39 is 0 Å². The van der Waals surface area contributed by atoms with Crippen LogP contribution in [0, 0.1) is 30.6 Å². The smallest absolute Gasteiger partial charge is 0.261 e. The van der Waals surface area contributed by atoms with Gasteiger partial charge >= 0.3 is 0 Å². The van der Waals surface area contributed by atoms with Crippen molar-refractivity contribution >= 4 is 72.9 Å². The average Bonchev–Trinajstić information content (AvgIpc) is 3.09. The molecule has 2 aliphatic rings. The van der Waals surface area contributed by atoms with Crippen LogP contribution in [0.4, 0.5) is 5.69 Å². The van der Waals surface area contributed by atoms with Gasteiger partial charge in [0, 0.05) is 58.1 Å². The Kier molecular flexibility index (Phi) is 8.84. The second-order valence-electron chi connectivity index (χ2n) is 16.4. The number of rotatable bonds is 9. The fourth-order valence-electron chi connectivity index (χ4n) is 9.85. The molecule has 51 heavy (non-hydrogen) atoms. The van der Waals surface area contributed by atoms with E-state index in [0.29, 0.717) is 23.1 Å². The Hall–Kier alpha value is -4.52. The molecule has 266 valence electrons. The van der Waals surface area contributed by atoms with Crippen LogP contribution in [0.15, 0.2) is 42.5 Å². The molecule has 0 unspecified atom stereocenters. The van der Waals surface area contributed by atoms with E-state index in [2.05, 4.69) is 72.4 Å². The van der Waals surface area contributed by atoms with Crippen LogP contribution in [0.5, 0.6) is 0 Å². The van der Waals surface area contributed by atoms with Crippen LogP contribution in [-0.4, -0.2) is 59.1 Å². The van der Waals surface area contributed by atoms with Crippen molar-refractivity contribution in [2.45, 2.75) is 93.7 Å². The second kappa shape index (κ2) is 12.9. The zero-order valence-electron chi connectivity index (χ0n) is 31.6. The minimum Gasteiger partial charge on any atom is -0.371 e. The molecule has 5 aromatic rings. The first kappa shape index (κ1) is 34.9. The fraction of sp³-hybridized carbons (Fsp3) is 0.455. The van der Waals surface area contributed by atoms with E-state index in [1.54, 1.807) is 0 Å². The van der Waals surface area contributed by atoms with Gasteiger partial charge in [-0.25, -0.2) is 0 Å². The van der Waals surface area contributed by atoms with E-state index in [1.807, 2.05) is 37.3 Å². The third kappa shape index (κ3) is 5.21. The van der Waals surface area contributed by atoms with Crippen LogP contribution in [-0.2, 0) is 4.79 Å². The van der Waals surface area contributed by atoms with Crippen LogP contribution in [0.2, 0.25) is 0 Å². The number of amides is 4. The molecule has 2 heterocycles. The number of hydrogen-bond donors (Lipinski definition) is 0. The van der Waals surface area contributed by atoms with Crippen molar-refractivity contribution in [3.05, 3.63) is 64.7 Å². The predicted octanol–water partition coefficient (Wildman–Crippen LogP) is 9.59. The second-order valence-corrected chi connectivity index (χ2v) is 16.4. The Labute approximate surface area is 301 Å². The molecule has 7 nitrogen and oxygen atoms in total. The summed E-state index contributed by atoms with van der Waals surface area (Å²) in [6.07, 6.45) is 3.99. The molecule has 1 saturated heterocycles. The molecule has 1 fully saturated rings. The van der Waals surface area contributed by atoms with Gasteiger partial charge in [0.05, 0.1) is 5.56 Å². The van der Waals surface area contributed by atoms with Crippen molar-refractivity contribution in [1.82, 2.24) is 9.80 Å². The number of benzene rings is 5. The third-order valence-electron chi connectivity index (χ3n) is 11.7. The van der Waals surface area contributed by atoms with Crippen LogP contribution in [0.1, 0.15) is 111 Å². The maximum atomic E-state index is 14.7. The lowest BCUT2D eigenvalue weighted by atomic mass is 9.81. The molecule has 0 aromatic heterocycles. The van der Waals surface area contributed by atoms with Crippen molar-refractivity contribution < 1.29 is 19.2 Å². The number of hydrogen-bond acceptors (Lipinski definition) is 5. The highest BCUT2D eigenvalue weighted by molar-refractivity contribution is 6.41. The molecule has 4 amide bonds. The molecular formula is C44H51N3O4. The van der Waals surface area contributed by atoms with E-state index in [9.17, 15) is 19.2 Å². The van der Waals surface area contributed by atoms with E-state index in [-0.39, 0.29) is 53.5 Å². The molecule has 0 bridgehead atoms. The molecule has 7 rings (SSSR count).